The second kappa shape index (κ2) is 4.60. The molecule has 0 aromatic carbocycles. The van der Waals surface area contributed by atoms with Gasteiger partial charge in [-0.15, -0.1) is 0 Å². The molecule has 0 bridgehead atoms. The Bertz CT molecular complexity index is 319. The fraction of sp³-hybridized carbons (Fsp3) is 0.692. The molecule has 3 heteroatoms. The second-order valence-electron chi connectivity index (χ2n) is 5.31. The summed E-state index contributed by atoms with van der Waals surface area (Å²) in [6, 6.07) is 4.64. The van der Waals surface area contributed by atoms with Gasteiger partial charge in [-0.3, -0.25) is 4.90 Å². The van der Waals surface area contributed by atoms with Crippen molar-refractivity contribution in [3.63, 3.8) is 0 Å². The largest absolute Gasteiger partial charge is 0.468 e. The topological polar surface area (TPSA) is 28.4 Å². The first-order valence-corrected chi connectivity index (χ1v) is 6.12. The van der Waals surface area contributed by atoms with Crippen molar-refractivity contribution in [3.05, 3.63) is 24.2 Å². The van der Waals surface area contributed by atoms with E-state index < -0.39 is 0 Å². The zero-order valence-electron chi connectivity index (χ0n) is 10.5. The standard InChI is InChI=1S/C13H22N2O/c1-4-11-8-14-13(2,3)10-15(11)9-12-6-5-7-16-12/h5-7,11,14H,4,8-10H2,1-3H3. The van der Waals surface area contributed by atoms with Gasteiger partial charge in [0.1, 0.15) is 5.76 Å². The van der Waals surface area contributed by atoms with Gasteiger partial charge in [-0.25, -0.2) is 0 Å². The zero-order valence-corrected chi connectivity index (χ0v) is 10.5. The van der Waals surface area contributed by atoms with Crippen LogP contribution in [-0.2, 0) is 6.54 Å². The fourth-order valence-corrected chi connectivity index (χ4v) is 2.41. The zero-order chi connectivity index (χ0) is 11.6. The molecule has 1 aliphatic heterocycles. The summed E-state index contributed by atoms with van der Waals surface area (Å²) in [6.45, 7) is 9.84. The molecule has 1 atom stereocenters. The van der Waals surface area contributed by atoms with Crippen LogP contribution in [0.5, 0.6) is 0 Å². The summed E-state index contributed by atoms with van der Waals surface area (Å²) in [4.78, 5) is 2.52. The maximum absolute atomic E-state index is 5.44. The molecule has 0 saturated carbocycles. The van der Waals surface area contributed by atoms with E-state index in [1.165, 1.54) is 6.42 Å². The first-order valence-electron chi connectivity index (χ1n) is 6.12. The van der Waals surface area contributed by atoms with Crippen molar-refractivity contribution in [1.29, 1.82) is 0 Å². The van der Waals surface area contributed by atoms with E-state index in [4.69, 9.17) is 4.42 Å². The minimum Gasteiger partial charge on any atom is -0.468 e. The first-order chi connectivity index (χ1) is 7.61. The third-order valence-corrected chi connectivity index (χ3v) is 3.34. The van der Waals surface area contributed by atoms with E-state index in [-0.39, 0.29) is 5.54 Å². The predicted octanol–water partition coefficient (Wildman–Crippen LogP) is 2.24. The second-order valence-corrected chi connectivity index (χ2v) is 5.31. The van der Waals surface area contributed by atoms with Crippen LogP contribution in [0.2, 0.25) is 0 Å². The van der Waals surface area contributed by atoms with Crippen molar-refractivity contribution >= 4 is 0 Å². The highest BCUT2D eigenvalue weighted by Gasteiger charge is 2.31. The van der Waals surface area contributed by atoms with Crippen LogP contribution in [0, 0.1) is 0 Å². The summed E-state index contributed by atoms with van der Waals surface area (Å²) < 4.78 is 5.44. The maximum Gasteiger partial charge on any atom is 0.117 e. The van der Waals surface area contributed by atoms with Crippen LogP contribution < -0.4 is 5.32 Å². The number of hydrogen-bond acceptors (Lipinski definition) is 3. The van der Waals surface area contributed by atoms with Crippen molar-refractivity contribution in [3.8, 4) is 0 Å². The quantitative estimate of drug-likeness (QED) is 0.850. The Labute approximate surface area is 97.8 Å². The molecule has 1 N–H and O–H groups in total. The normalized spacial score (nSPS) is 25.8. The van der Waals surface area contributed by atoms with E-state index >= 15 is 0 Å². The molecule has 90 valence electrons. The maximum atomic E-state index is 5.44. The summed E-state index contributed by atoms with van der Waals surface area (Å²) in [5.74, 6) is 1.07. The Morgan fingerprint density at radius 2 is 2.38 bits per heavy atom. The van der Waals surface area contributed by atoms with E-state index in [1.54, 1.807) is 6.26 Å². The van der Waals surface area contributed by atoms with Crippen LogP contribution in [0.3, 0.4) is 0 Å². The van der Waals surface area contributed by atoms with Gasteiger partial charge < -0.3 is 9.73 Å². The Kier molecular flexibility index (Phi) is 3.36. The number of piperazine rings is 1. The van der Waals surface area contributed by atoms with Crippen molar-refractivity contribution in [1.82, 2.24) is 10.2 Å². The molecule has 0 amide bonds. The number of furan rings is 1. The van der Waals surface area contributed by atoms with Crippen LogP contribution in [0.1, 0.15) is 33.0 Å². The van der Waals surface area contributed by atoms with E-state index in [0.717, 1.165) is 25.4 Å². The van der Waals surface area contributed by atoms with Crippen molar-refractivity contribution < 1.29 is 4.42 Å². The van der Waals surface area contributed by atoms with Gasteiger partial charge in [0.25, 0.3) is 0 Å². The summed E-state index contributed by atoms with van der Waals surface area (Å²) in [5.41, 5.74) is 0.207. The predicted molar refractivity (Wildman–Crippen MR) is 65.3 cm³/mol. The molecule has 1 aromatic heterocycles. The van der Waals surface area contributed by atoms with E-state index in [1.807, 2.05) is 6.07 Å². The lowest BCUT2D eigenvalue weighted by Gasteiger charge is -2.44. The van der Waals surface area contributed by atoms with Crippen LogP contribution >= 0.6 is 0 Å². The van der Waals surface area contributed by atoms with Gasteiger partial charge in [-0.05, 0) is 32.4 Å². The molecule has 3 nitrogen and oxygen atoms in total. The van der Waals surface area contributed by atoms with Gasteiger partial charge >= 0.3 is 0 Å². The highest BCUT2D eigenvalue weighted by atomic mass is 16.3. The molecule has 1 aromatic rings. The van der Waals surface area contributed by atoms with Crippen molar-refractivity contribution in [2.75, 3.05) is 13.1 Å². The molecule has 2 heterocycles. The fourth-order valence-electron chi connectivity index (χ4n) is 2.41. The number of nitrogens with zero attached hydrogens (tertiary/aromatic N) is 1. The smallest absolute Gasteiger partial charge is 0.117 e. The first kappa shape index (κ1) is 11.7. The molecule has 16 heavy (non-hydrogen) atoms. The summed E-state index contributed by atoms with van der Waals surface area (Å²) >= 11 is 0. The Morgan fingerprint density at radius 1 is 1.56 bits per heavy atom. The molecule has 0 spiro atoms. The lowest BCUT2D eigenvalue weighted by atomic mass is 9.97. The monoisotopic (exact) mass is 222 g/mol. The lowest BCUT2D eigenvalue weighted by Crippen LogP contribution is -2.60. The molecule has 0 aliphatic carbocycles. The van der Waals surface area contributed by atoms with Gasteiger partial charge in [-0.1, -0.05) is 6.92 Å². The van der Waals surface area contributed by atoms with Gasteiger partial charge in [0.2, 0.25) is 0 Å². The van der Waals surface area contributed by atoms with Crippen LogP contribution in [0.4, 0.5) is 0 Å². The average molecular weight is 222 g/mol. The molecule has 1 fully saturated rings. The number of nitrogens with one attached hydrogen (secondary N) is 1. The molecular formula is C13H22N2O. The van der Waals surface area contributed by atoms with Crippen LogP contribution in [0.15, 0.2) is 22.8 Å². The summed E-state index contributed by atoms with van der Waals surface area (Å²) in [7, 11) is 0. The molecule has 1 unspecified atom stereocenters. The summed E-state index contributed by atoms with van der Waals surface area (Å²) in [5, 5.41) is 3.60. The highest BCUT2D eigenvalue weighted by Crippen LogP contribution is 2.19. The molecule has 1 aliphatic rings. The Morgan fingerprint density at radius 3 is 3.00 bits per heavy atom. The number of hydrogen-bond donors (Lipinski definition) is 1. The minimum atomic E-state index is 0.207. The lowest BCUT2D eigenvalue weighted by molar-refractivity contribution is 0.0793. The Hall–Kier alpha value is -0.800. The van der Waals surface area contributed by atoms with E-state index in [2.05, 4.69) is 37.1 Å². The SMILES string of the molecule is CCC1CNC(C)(C)CN1Cc1ccco1. The third-order valence-electron chi connectivity index (χ3n) is 3.34. The molecule has 0 radical (unpaired) electrons. The third kappa shape index (κ3) is 2.66. The van der Waals surface area contributed by atoms with Crippen molar-refractivity contribution in [2.45, 2.75) is 45.3 Å². The Balaban J connectivity index is 2.03. The van der Waals surface area contributed by atoms with E-state index in [9.17, 15) is 0 Å². The average Bonchev–Trinajstić information content (AvgIpc) is 2.70. The van der Waals surface area contributed by atoms with Gasteiger partial charge in [0.05, 0.1) is 12.8 Å². The van der Waals surface area contributed by atoms with Crippen molar-refractivity contribution in [2.24, 2.45) is 0 Å². The molecule has 2 rings (SSSR count). The number of rotatable bonds is 3. The molecule has 1 saturated heterocycles. The highest BCUT2D eigenvalue weighted by molar-refractivity contribution is 5.01. The van der Waals surface area contributed by atoms with Gasteiger partial charge in [0, 0.05) is 24.7 Å². The van der Waals surface area contributed by atoms with Gasteiger partial charge in [-0.2, -0.15) is 0 Å². The van der Waals surface area contributed by atoms with E-state index in [0.29, 0.717) is 6.04 Å². The minimum absolute atomic E-state index is 0.207. The summed E-state index contributed by atoms with van der Waals surface area (Å²) in [6.07, 6.45) is 2.94. The molecular weight excluding hydrogens is 200 g/mol. The van der Waals surface area contributed by atoms with Crippen LogP contribution in [-0.4, -0.2) is 29.6 Å². The van der Waals surface area contributed by atoms with Gasteiger partial charge in [0.15, 0.2) is 0 Å². The van der Waals surface area contributed by atoms with Crippen LogP contribution in [0.25, 0.3) is 0 Å².